The van der Waals surface area contributed by atoms with E-state index >= 15 is 0 Å². The Bertz CT molecular complexity index is 666. The molecule has 0 aliphatic carbocycles. The summed E-state index contributed by atoms with van der Waals surface area (Å²) >= 11 is 0. The third-order valence-corrected chi connectivity index (χ3v) is 4.06. The van der Waals surface area contributed by atoms with Gasteiger partial charge in [0.25, 0.3) is 5.91 Å². The number of nitrogens with one attached hydrogen (secondary N) is 2. The van der Waals surface area contributed by atoms with Gasteiger partial charge in [-0.2, -0.15) is 0 Å². The fourth-order valence-electron chi connectivity index (χ4n) is 2.64. The smallest absolute Gasteiger partial charge is 0.335 e. The largest absolute Gasteiger partial charge is 0.479 e. The van der Waals surface area contributed by atoms with E-state index < -0.39 is 11.6 Å². The van der Waals surface area contributed by atoms with Gasteiger partial charge in [-0.15, -0.1) is 0 Å². The van der Waals surface area contributed by atoms with Gasteiger partial charge >= 0.3 is 12.0 Å². The second kappa shape index (κ2) is 7.52. The summed E-state index contributed by atoms with van der Waals surface area (Å²) in [6, 6.07) is 6.17. The molecule has 1 aromatic rings. The number of piperidine rings is 1. The molecule has 0 spiro atoms. The third-order valence-electron chi connectivity index (χ3n) is 4.06. The number of anilines is 1. The minimum atomic E-state index is -1.77. The summed E-state index contributed by atoms with van der Waals surface area (Å²) in [5.41, 5.74) is -0.888. The van der Waals surface area contributed by atoms with Gasteiger partial charge < -0.3 is 25.7 Å². The number of carboxylic acids is 1. The predicted octanol–water partition coefficient (Wildman–Crippen LogP) is 1.27. The van der Waals surface area contributed by atoms with Crippen molar-refractivity contribution in [1.29, 1.82) is 0 Å². The Labute approximate surface area is 145 Å². The number of aliphatic hydroxyl groups is 1. The van der Waals surface area contributed by atoms with Crippen molar-refractivity contribution >= 4 is 23.6 Å². The summed E-state index contributed by atoms with van der Waals surface area (Å²) in [6.45, 7) is 4.00. The van der Waals surface area contributed by atoms with Crippen LogP contribution in [0, 0.1) is 0 Å². The standard InChI is InChI=1S/C17H23N3O5/c1-11(2)18-16(24)19-13-5-3-4-12(10-13)14(21)20-8-6-17(25,7-9-20)15(22)23/h3-5,10-11,25H,6-9H2,1-2H3,(H,22,23)(H2,18,19,24). The van der Waals surface area contributed by atoms with Gasteiger partial charge in [-0.3, -0.25) is 4.79 Å². The zero-order valence-electron chi connectivity index (χ0n) is 14.3. The molecule has 0 atom stereocenters. The first-order valence-corrected chi connectivity index (χ1v) is 8.14. The van der Waals surface area contributed by atoms with E-state index in [4.69, 9.17) is 5.11 Å². The topological polar surface area (TPSA) is 119 Å². The number of carboxylic acid groups (broad SMARTS) is 1. The molecule has 0 radical (unpaired) electrons. The maximum absolute atomic E-state index is 12.6. The molecule has 1 aliphatic rings. The van der Waals surface area contributed by atoms with Crippen LogP contribution in [0.2, 0.25) is 0 Å². The number of nitrogens with zero attached hydrogens (tertiary/aromatic N) is 1. The molecule has 0 saturated carbocycles. The summed E-state index contributed by atoms with van der Waals surface area (Å²) in [5, 5.41) is 24.3. The van der Waals surface area contributed by atoms with Gasteiger partial charge in [-0.1, -0.05) is 6.07 Å². The Morgan fingerprint density at radius 2 is 1.84 bits per heavy atom. The van der Waals surface area contributed by atoms with Gasteiger partial charge in [0.2, 0.25) is 0 Å². The molecule has 1 aliphatic heterocycles. The van der Waals surface area contributed by atoms with Gasteiger partial charge in [0.05, 0.1) is 0 Å². The number of amides is 3. The highest BCUT2D eigenvalue weighted by Crippen LogP contribution is 2.24. The first-order valence-electron chi connectivity index (χ1n) is 8.14. The van der Waals surface area contributed by atoms with Crippen molar-refractivity contribution in [2.75, 3.05) is 18.4 Å². The normalized spacial score (nSPS) is 16.4. The Hall–Kier alpha value is -2.61. The third kappa shape index (κ3) is 4.69. The first-order chi connectivity index (χ1) is 11.7. The second-order valence-electron chi connectivity index (χ2n) is 6.46. The zero-order valence-corrected chi connectivity index (χ0v) is 14.3. The molecule has 1 saturated heterocycles. The fraction of sp³-hybridized carbons (Fsp3) is 0.471. The Kier molecular flexibility index (Phi) is 5.63. The van der Waals surface area contributed by atoms with E-state index in [1.165, 1.54) is 4.90 Å². The lowest BCUT2D eigenvalue weighted by molar-refractivity contribution is -0.162. The highest BCUT2D eigenvalue weighted by Gasteiger charge is 2.40. The van der Waals surface area contributed by atoms with E-state index in [0.717, 1.165) is 0 Å². The van der Waals surface area contributed by atoms with Gasteiger partial charge in [-0.05, 0) is 32.0 Å². The average Bonchev–Trinajstić information content (AvgIpc) is 2.54. The summed E-state index contributed by atoms with van der Waals surface area (Å²) in [6.07, 6.45) is -0.0222. The van der Waals surface area contributed by atoms with Crippen LogP contribution in [0.1, 0.15) is 37.0 Å². The van der Waals surface area contributed by atoms with Gasteiger partial charge in [0.1, 0.15) is 0 Å². The fourth-order valence-corrected chi connectivity index (χ4v) is 2.64. The van der Waals surface area contributed by atoms with Crippen molar-refractivity contribution in [2.45, 2.75) is 38.3 Å². The minimum absolute atomic E-state index is 0.00820. The number of benzene rings is 1. The summed E-state index contributed by atoms with van der Waals surface area (Å²) < 4.78 is 0. The molecule has 0 unspecified atom stereocenters. The molecule has 1 heterocycles. The van der Waals surface area contributed by atoms with Crippen LogP contribution >= 0.6 is 0 Å². The maximum atomic E-state index is 12.6. The highest BCUT2D eigenvalue weighted by atomic mass is 16.4. The molecular weight excluding hydrogens is 326 g/mol. The molecule has 1 fully saturated rings. The molecule has 8 heteroatoms. The monoisotopic (exact) mass is 349 g/mol. The molecule has 25 heavy (non-hydrogen) atoms. The van der Waals surface area contributed by atoms with E-state index in [9.17, 15) is 19.5 Å². The molecule has 0 bridgehead atoms. The minimum Gasteiger partial charge on any atom is -0.479 e. The van der Waals surface area contributed by atoms with E-state index in [1.54, 1.807) is 24.3 Å². The summed E-state index contributed by atoms with van der Waals surface area (Å²) in [5.74, 6) is -1.53. The molecular formula is C17H23N3O5. The van der Waals surface area contributed by atoms with Crippen molar-refractivity contribution in [3.63, 3.8) is 0 Å². The van der Waals surface area contributed by atoms with Crippen molar-refractivity contribution < 1.29 is 24.6 Å². The van der Waals surface area contributed by atoms with Crippen LogP contribution < -0.4 is 10.6 Å². The molecule has 4 N–H and O–H groups in total. The lowest BCUT2D eigenvalue weighted by Crippen LogP contribution is -2.50. The second-order valence-corrected chi connectivity index (χ2v) is 6.46. The van der Waals surface area contributed by atoms with Crippen LogP contribution in [-0.2, 0) is 4.79 Å². The van der Waals surface area contributed by atoms with Gasteiger partial charge in [0, 0.05) is 43.2 Å². The van der Waals surface area contributed by atoms with Crippen LogP contribution in [0.5, 0.6) is 0 Å². The van der Waals surface area contributed by atoms with Crippen LogP contribution in [0.15, 0.2) is 24.3 Å². The maximum Gasteiger partial charge on any atom is 0.335 e. The first kappa shape index (κ1) is 18.7. The molecule has 3 amide bonds. The van der Waals surface area contributed by atoms with E-state index in [0.29, 0.717) is 11.3 Å². The lowest BCUT2D eigenvalue weighted by Gasteiger charge is -2.35. The van der Waals surface area contributed by atoms with Crippen LogP contribution in [-0.4, -0.2) is 57.8 Å². The van der Waals surface area contributed by atoms with E-state index in [1.807, 2.05) is 13.8 Å². The number of hydrogen-bond donors (Lipinski definition) is 4. The number of aliphatic carboxylic acids is 1. The molecule has 2 rings (SSSR count). The average molecular weight is 349 g/mol. The molecule has 0 aromatic heterocycles. The van der Waals surface area contributed by atoms with Crippen molar-refractivity contribution in [3.8, 4) is 0 Å². The number of likely N-dealkylation sites (tertiary alicyclic amines) is 1. The van der Waals surface area contributed by atoms with Crippen molar-refractivity contribution in [3.05, 3.63) is 29.8 Å². The Balaban J connectivity index is 2.02. The Morgan fingerprint density at radius 3 is 2.40 bits per heavy atom. The van der Waals surface area contributed by atoms with Crippen LogP contribution in [0.25, 0.3) is 0 Å². The number of carbonyl (C=O) groups is 3. The number of carbonyl (C=O) groups excluding carboxylic acids is 2. The molecule has 136 valence electrons. The summed E-state index contributed by atoms with van der Waals surface area (Å²) in [4.78, 5) is 36.9. The molecule has 8 nitrogen and oxygen atoms in total. The van der Waals surface area contributed by atoms with Crippen molar-refractivity contribution in [1.82, 2.24) is 10.2 Å². The molecule has 1 aromatic carbocycles. The number of urea groups is 1. The highest BCUT2D eigenvalue weighted by molar-refractivity contribution is 5.97. The van der Waals surface area contributed by atoms with Gasteiger partial charge in [0.15, 0.2) is 5.60 Å². The zero-order chi connectivity index (χ0) is 18.6. The SMILES string of the molecule is CC(C)NC(=O)Nc1cccc(C(=O)N2CCC(O)(C(=O)O)CC2)c1. The Morgan fingerprint density at radius 1 is 1.20 bits per heavy atom. The van der Waals surface area contributed by atoms with Gasteiger partial charge in [-0.25, -0.2) is 9.59 Å². The lowest BCUT2D eigenvalue weighted by atomic mass is 9.91. The van der Waals surface area contributed by atoms with Crippen molar-refractivity contribution in [2.24, 2.45) is 0 Å². The quantitative estimate of drug-likeness (QED) is 0.653. The number of hydrogen-bond acceptors (Lipinski definition) is 4. The van der Waals surface area contributed by atoms with E-state index in [-0.39, 0.29) is 43.9 Å². The van der Waals surface area contributed by atoms with Crippen LogP contribution in [0.3, 0.4) is 0 Å². The summed E-state index contributed by atoms with van der Waals surface area (Å²) in [7, 11) is 0. The van der Waals surface area contributed by atoms with E-state index in [2.05, 4.69) is 10.6 Å². The predicted molar refractivity (Wildman–Crippen MR) is 91.5 cm³/mol. The number of rotatable bonds is 4. The van der Waals surface area contributed by atoms with Crippen LogP contribution in [0.4, 0.5) is 10.5 Å².